The quantitative estimate of drug-likeness (QED) is 0.167. The summed E-state index contributed by atoms with van der Waals surface area (Å²) in [6, 6.07) is 14.5. The minimum atomic E-state index is -0.998. The number of halogens is 3. The minimum Gasteiger partial charge on any atom is -0.494 e. The van der Waals surface area contributed by atoms with E-state index in [4.69, 9.17) is 53.6 Å². The Morgan fingerprint density at radius 1 is 1.05 bits per heavy atom. The Kier molecular flexibility index (Phi) is 7.63. The third kappa shape index (κ3) is 5.42. The fourth-order valence-corrected chi connectivity index (χ4v) is 8.35. The van der Waals surface area contributed by atoms with Crippen LogP contribution in [0, 0.1) is 0 Å². The number of carbonyl (C=O) groups is 1. The zero-order valence-electron chi connectivity index (χ0n) is 22.8. The first kappa shape index (κ1) is 28.7. The predicted octanol–water partition coefficient (Wildman–Crippen LogP) is 9.15. The topological polar surface area (TPSA) is 84.8 Å². The SMILES string of the molecule is COc1cc(C(=O)O)cc2sc(N3CC(c4ccc(OCc5c(-c6c(Cl)cccc6Cl)nsc5C5CC5)cc4Cl)C3)nc12. The first-order valence-corrected chi connectivity index (χ1v) is 16.3. The number of nitrogens with zero attached hydrogens (tertiary/aromatic N) is 3. The van der Waals surface area contributed by atoms with Gasteiger partial charge in [0.05, 0.1) is 33.1 Å². The summed E-state index contributed by atoms with van der Waals surface area (Å²) < 4.78 is 17.2. The Labute approximate surface area is 270 Å². The molecule has 2 aliphatic rings. The molecule has 1 aliphatic heterocycles. The number of hydrogen-bond donors (Lipinski definition) is 1. The Hall–Kier alpha value is -3.08. The van der Waals surface area contributed by atoms with Gasteiger partial charge in [-0.05, 0) is 72.3 Å². The monoisotopic (exact) mass is 671 g/mol. The minimum absolute atomic E-state index is 0.179. The Morgan fingerprint density at radius 3 is 2.49 bits per heavy atom. The predicted molar refractivity (Wildman–Crippen MR) is 173 cm³/mol. The molecule has 5 aromatic rings. The maximum Gasteiger partial charge on any atom is 0.335 e. The van der Waals surface area contributed by atoms with Crippen LogP contribution in [0.25, 0.3) is 21.5 Å². The van der Waals surface area contributed by atoms with Gasteiger partial charge in [-0.15, -0.1) is 0 Å². The van der Waals surface area contributed by atoms with Gasteiger partial charge in [0.2, 0.25) is 0 Å². The molecule has 1 saturated carbocycles. The number of aromatic nitrogens is 2. The summed E-state index contributed by atoms with van der Waals surface area (Å²) in [7, 11) is 1.52. The van der Waals surface area contributed by atoms with Crippen molar-refractivity contribution in [2.45, 2.75) is 31.3 Å². The largest absolute Gasteiger partial charge is 0.494 e. The molecule has 0 atom stereocenters. The molecule has 2 aromatic heterocycles. The molecule has 1 aliphatic carbocycles. The summed E-state index contributed by atoms with van der Waals surface area (Å²) in [5.74, 6) is 0.886. The standard InChI is InChI=1S/C31H24Cl3N3O4S2/c1-40-24-9-16(30(38)39)10-25-28(24)35-31(42-25)37-12-17(13-37)19-8-7-18(11-23(19)34)41-14-20-27(36-43-29(20)15-5-6-15)26-21(32)3-2-4-22(26)33/h2-4,7-11,15,17H,5-6,12-14H2,1H3,(H,38,39). The second-order valence-electron chi connectivity index (χ2n) is 10.6. The molecule has 43 heavy (non-hydrogen) atoms. The highest BCUT2D eigenvalue weighted by molar-refractivity contribution is 7.22. The van der Waals surface area contributed by atoms with Crippen LogP contribution in [0.15, 0.2) is 48.5 Å². The van der Waals surface area contributed by atoms with Crippen LogP contribution in [-0.4, -0.2) is 40.6 Å². The van der Waals surface area contributed by atoms with E-state index in [0.29, 0.717) is 44.6 Å². The molecule has 220 valence electrons. The molecular formula is C31H24Cl3N3O4S2. The van der Waals surface area contributed by atoms with E-state index in [9.17, 15) is 9.90 Å². The maximum absolute atomic E-state index is 11.5. The zero-order valence-corrected chi connectivity index (χ0v) is 26.7. The third-order valence-electron chi connectivity index (χ3n) is 7.83. The molecule has 0 amide bonds. The third-order valence-corrected chi connectivity index (χ3v) is 10.9. The van der Waals surface area contributed by atoms with Crippen molar-refractivity contribution < 1.29 is 19.4 Å². The molecule has 3 aromatic carbocycles. The Balaban J connectivity index is 1.06. The number of thiazole rings is 1. The van der Waals surface area contributed by atoms with Crippen LogP contribution in [-0.2, 0) is 6.61 Å². The molecule has 7 nitrogen and oxygen atoms in total. The number of rotatable bonds is 9. The molecule has 0 bridgehead atoms. The molecule has 3 heterocycles. The van der Waals surface area contributed by atoms with Crippen molar-refractivity contribution >= 4 is 79.0 Å². The number of aromatic carboxylic acids is 1. The van der Waals surface area contributed by atoms with E-state index in [2.05, 4.69) is 4.90 Å². The first-order valence-electron chi connectivity index (χ1n) is 13.6. The van der Waals surface area contributed by atoms with Crippen LogP contribution < -0.4 is 14.4 Å². The lowest BCUT2D eigenvalue weighted by atomic mass is 9.92. The lowest BCUT2D eigenvalue weighted by Crippen LogP contribution is -2.45. The zero-order chi connectivity index (χ0) is 29.8. The van der Waals surface area contributed by atoms with Crippen LogP contribution in [0.2, 0.25) is 15.1 Å². The highest BCUT2D eigenvalue weighted by Gasteiger charge is 2.33. The molecule has 1 N–H and O–H groups in total. The van der Waals surface area contributed by atoms with Crippen molar-refractivity contribution in [2.24, 2.45) is 0 Å². The van der Waals surface area contributed by atoms with E-state index in [1.807, 2.05) is 36.4 Å². The van der Waals surface area contributed by atoms with Gasteiger partial charge in [-0.3, -0.25) is 0 Å². The molecule has 2 fully saturated rings. The molecule has 7 rings (SSSR count). The van der Waals surface area contributed by atoms with E-state index in [1.165, 1.54) is 40.9 Å². The van der Waals surface area contributed by atoms with Crippen LogP contribution in [0.5, 0.6) is 11.5 Å². The number of carboxylic acid groups (broad SMARTS) is 1. The van der Waals surface area contributed by atoms with E-state index in [-0.39, 0.29) is 11.5 Å². The van der Waals surface area contributed by atoms with Gasteiger partial charge in [-0.2, -0.15) is 4.37 Å². The van der Waals surface area contributed by atoms with E-state index < -0.39 is 5.97 Å². The van der Waals surface area contributed by atoms with Crippen molar-refractivity contribution in [3.8, 4) is 22.8 Å². The fraction of sp³-hybridized carbons (Fsp3) is 0.258. The van der Waals surface area contributed by atoms with Gasteiger partial charge in [0, 0.05) is 40.0 Å². The second-order valence-corrected chi connectivity index (χ2v) is 13.7. The maximum atomic E-state index is 11.5. The van der Waals surface area contributed by atoms with Crippen LogP contribution in [0.3, 0.4) is 0 Å². The number of benzene rings is 3. The molecule has 0 spiro atoms. The van der Waals surface area contributed by atoms with Gasteiger partial charge in [-0.1, -0.05) is 58.3 Å². The summed E-state index contributed by atoms with van der Waals surface area (Å²) >= 11 is 22.8. The van der Waals surface area contributed by atoms with Gasteiger partial charge in [0.15, 0.2) is 5.13 Å². The summed E-state index contributed by atoms with van der Waals surface area (Å²) in [6.45, 7) is 1.85. The average Bonchev–Trinajstić information content (AvgIpc) is 3.58. The Morgan fingerprint density at radius 2 is 1.81 bits per heavy atom. The summed E-state index contributed by atoms with van der Waals surface area (Å²) in [6.07, 6.45) is 2.30. The lowest BCUT2D eigenvalue weighted by Gasteiger charge is -2.39. The molecule has 1 saturated heterocycles. The molecule has 0 unspecified atom stereocenters. The summed E-state index contributed by atoms with van der Waals surface area (Å²) in [4.78, 5) is 19.6. The van der Waals surface area contributed by atoms with Crippen molar-refractivity contribution in [2.75, 3.05) is 25.1 Å². The molecular weight excluding hydrogens is 649 g/mol. The first-order chi connectivity index (χ1) is 20.8. The van der Waals surface area contributed by atoms with Crippen molar-refractivity contribution in [3.63, 3.8) is 0 Å². The lowest BCUT2D eigenvalue weighted by molar-refractivity contribution is 0.0696. The molecule has 0 radical (unpaired) electrons. The number of ether oxygens (including phenoxy) is 2. The van der Waals surface area contributed by atoms with Gasteiger partial charge in [0.25, 0.3) is 0 Å². The highest BCUT2D eigenvalue weighted by Crippen LogP contribution is 2.48. The van der Waals surface area contributed by atoms with Crippen molar-refractivity contribution in [1.82, 2.24) is 9.36 Å². The van der Waals surface area contributed by atoms with Gasteiger partial charge in [0.1, 0.15) is 23.6 Å². The molecule has 12 heteroatoms. The average molecular weight is 673 g/mol. The normalized spacial score (nSPS) is 15.1. The van der Waals surface area contributed by atoms with E-state index >= 15 is 0 Å². The van der Waals surface area contributed by atoms with Gasteiger partial charge >= 0.3 is 5.97 Å². The van der Waals surface area contributed by atoms with Crippen molar-refractivity contribution in [1.29, 1.82) is 0 Å². The van der Waals surface area contributed by atoms with Crippen LogP contribution >= 0.6 is 57.7 Å². The van der Waals surface area contributed by atoms with E-state index in [1.54, 1.807) is 6.07 Å². The number of carboxylic acids is 1. The number of methoxy groups -OCH3 is 1. The number of anilines is 1. The fourth-order valence-electron chi connectivity index (χ4n) is 5.37. The van der Waals surface area contributed by atoms with Gasteiger partial charge < -0.3 is 19.5 Å². The second kappa shape index (κ2) is 11.4. The Bertz CT molecular complexity index is 1860. The summed E-state index contributed by atoms with van der Waals surface area (Å²) in [5.41, 5.74) is 4.45. The van der Waals surface area contributed by atoms with Gasteiger partial charge in [-0.25, -0.2) is 9.78 Å². The van der Waals surface area contributed by atoms with Crippen molar-refractivity contribution in [3.05, 3.63) is 85.2 Å². The van der Waals surface area contributed by atoms with Crippen LogP contribution in [0.1, 0.15) is 51.0 Å². The number of fused-ring (bicyclic) bond motifs is 1. The smallest absolute Gasteiger partial charge is 0.335 e. The van der Waals surface area contributed by atoms with Crippen LogP contribution in [0.4, 0.5) is 5.13 Å². The number of hydrogen-bond acceptors (Lipinski definition) is 8. The van der Waals surface area contributed by atoms with E-state index in [0.717, 1.165) is 58.1 Å². The summed E-state index contributed by atoms with van der Waals surface area (Å²) in [5, 5.41) is 12.0. The highest BCUT2D eigenvalue weighted by atomic mass is 35.5.